The lowest BCUT2D eigenvalue weighted by Crippen LogP contribution is -2.34. The van der Waals surface area contributed by atoms with Gasteiger partial charge in [0.2, 0.25) is 5.95 Å². The van der Waals surface area contributed by atoms with Crippen LogP contribution in [0.5, 0.6) is 11.5 Å². The van der Waals surface area contributed by atoms with Gasteiger partial charge in [-0.2, -0.15) is 4.98 Å². The predicted molar refractivity (Wildman–Crippen MR) is 147 cm³/mol. The highest BCUT2D eigenvalue weighted by molar-refractivity contribution is 5.80. The van der Waals surface area contributed by atoms with Crippen LogP contribution in [0.1, 0.15) is 49.6 Å². The minimum absolute atomic E-state index is 0.187. The highest BCUT2D eigenvalue weighted by atomic mass is 16.5. The molecule has 0 saturated carbocycles. The van der Waals surface area contributed by atoms with Crippen molar-refractivity contribution in [3.63, 3.8) is 0 Å². The average Bonchev–Trinajstić information content (AvgIpc) is 3.45. The van der Waals surface area contributed by atoms with E-state index in [1.807, 2.05) is 48.9 Å². The number of benzene rings is 1. The maximum Gasteiger partial charge on any atom is 0.229 e. The molecule has 1 aliphatic carbocycles. The molecule has 1 fully saturated rings. The molecule has 6 rings (SSSR count). The number of piperidine rings is 1. The van der Waals surface area contributed by atoms with E-state index in [0.29, 0.717) is 24.5 Å². The van der Waals surface area contributed by atoms with Crippen LogP contribution in [0.4, 0.5) is 11.6 Å². The standard InChI is InChI=1S/C29H34N6O3/c1-4-29(36)12-9-19-5-8-25(33-26(19)29)35-18(2)15-20-17-31-28(34-27(20)35)32-21-6-7-23(24(16-21)37-3)38-22-10-13-30-14-11-22/h5-8,15-17,22,30,36H,4,9-14H2,1-3H3,(H,31,32,34)/t29-/m1/s1. The second kappa shape index (κ2) is 9.89. The van der Waals surface area contributed by atoms with Crippen molar-refractivity contribution in [1.29, 1.82) is 0 Å². The number of fused-ring (bicyclic) bond motifs is 2. The fourth-order valence-corrected chi connectivity index (χ4v) is 5.54. The molecular formula is C29H34N6O3. The molecule has 0 bridgehead atoms. The first-order chi connectivity index (χ1) is 18.5. The highest BCUT2D eigenvalue weighted by Crippen LogP contribution is 2.39. The summed E-state index contributed by atoms with van der Waals surface area (Å²) in [5.41, 5.74) is 3.58. The Morgan fingerprint density at radius 1 is 1.13 bits per heavy atom. The highest BCUT2D eigenvalue weighted by Gasteiger charge is 2.37. The molecule has 1 atom stereocenters. The first-order valence-electron chi connectivity index (χ1n) is 13.4. The summed E-state index contributed by atoms with van der Waals surface area (Å²) >= 11 is 0. The van der Waals surface area contributed by atoms with Crippen molar-refractivity contribution in [2.75, 3.05) is 25.5 Å². The van der Waals surface area contributed by atoms with Gasteiger partial charge in [-0.3, -0.25) is 4.57 Å². The average molecular weight is 515 g/mol. The smallest absolute Gasteiger partial charge is 0.229 e. The number of nitrogens with zero attached hydrogens (tertiary/aromatic N) is 4. The van der Waals surface area contributed by atoms with Crippen molar-refractivity contribution in [2.24, 2.45) is 0 Å². The molecule has 9 heteroatoms. The lowest BCUT2D eigenvalue weighted by molar-refractivity contribution is 0.0306. The van der Waals surface area contributed by atoms with Gasteiger partial charge in [-0.15, -0.1) is 0 Å². The predicted octanol–water partition coefficient (Wildman–Crippen LogP) is 4.55. The van der Waals surface area contributed by atoms with Crippen molar-refractivity contribution >= 4 is 22.7 Å². The second-order valence-corrected chi connectivity index (χ2v) is 10.2. The number of aliphatic hydroxyl groups is 1. The quantitative estimate of drug-likeness (QED) is 0.330. The Labute approximate surface area is 222 Å². The monoisotopic (exact) mass is 514 g/mol. The maximum absolute atomic E-state index is 11.1. The Balaban J connectivity index is 1.30. The molecule has 4 heterocycles. The zero-order valence-electron chi connectivity index (χ0n) is 22.1. The van der Waals surface area contributed by atoms with Crippen molar-refractivity contribution < 1.29 is 14.6 Å². The lowest BCUT2D eigenvalue weighted by Gasteiger charge is -2.24. The van der Waals surface area contributed by atoms with Crippen LogP contribution in [0.15, 0.2) is 42.6 Å². The van der Waals surface area contributed by atoms with E-state index in [2.05, 4.69) is 27.8 Å². The number of hydrogen-bond donors (Lipinski definition) is 3. The number of nitrogens with one attached hydrogen (secondary N) is 2. The summed E-state index contributed by atoms with van der Waals surface area (Å²) in [4.78, 5) is 14.3. The van der Waals surface area contributed by atoms with E-state index in [1.54, 1.807) is 7.11 Å². The van der Waals surface area contributed by atoms with E-state index in [0.717, 1.165) is 77.6 Å². The van der Waals surface area contributed by atoms with Crippen LogP contribution in [0.25, 0.3) is 16.9 Å². The summed E-state index contributed by atoms with van der Waals surface area (Å²) in [7, 11) is 1.65. The molecule has 0 radical (unpaired) electrons. The van der Waals surface area contributed by atoms with E-state index >= 15 is 0 Å². The van der Waals surface area contributed by atoms with Crippen molar-refractivity contribution in [3.8, 4) is 17.3 Å². The molecule has 38 heavy (non-hydrogen) atoms. The molecule has 2 aliphatic rings. The molecule has 1 aliphatic heterocycles. The molecule has 4 aromatic rings. The van der Waals surface area contributed by atoms with Crippen LogP contribution in [-0.4, -0.2) is 50.9 Å². The minimum atomic E-state index is -0.868. The first-order valence-corrected chi connectivity index (χ1v) is 13.4. The number of aromatic nitrogens is 4. The molecule has 0 spiro atoms. The summed E-state index contributed by atoms with van der Waals surface area (Å²) in [6.07, 6.45) is 6.16. The molecule has 1 saturated heterocycles. The van der Waals surface area contributed by atoms with E-state index in [9.17, 15) is 5.11 Å². The Kier molecular flexibility index (Phi) is 6.41. The van der Waals surface area contributed by atoms with Crippen LogP contribution < -0.4 is 20.1 Å². The number of anilines is 2. The van der Waals surface area contributed by atoms with E-state index < -0.39 is 5.60 Å². The van der Waals surface area contributed by atoms with Gasteiger partial charge in [-0.05, 0) is 81.9 Å². The fourth-order valence-electron chi connectivity index (χ4n) is 5.54. The molecule has 3 N–H and O–H groups in total. The molecule has 0 amide bonds. The van der Waals surface area contributed by atoms with Crippen molar-refractivity contribution in [1.82, 2.24) is 24.8 Å². The molecule has 0 unspecified atom stereocenters. The van der Waals surface area contributed by atoms with Gasteiger partial charge in [0, 0.05) is 29.0 Å². The molecular weight excluding hydrogens is 480 g/mol. The third kappa shape index (κ3) is 4.46. The van der Waals surface area contributed by atoms with Crippen LogP contribution in [-0.2, 0) is 12.0 Å². The number of methoxy groups -OCH3 is 1. The Morgan fingerprint density at radius 3 is 2.76 bits per heavy atom. The zero-order valence-corrected chi connectivity index (χ0v) is 22.1. The third-order valence-corrected chi connectivity index (χ3v) is 7.75. The van der Waals surface area contributed by atoms with E-state index in [1.165, 1.54) is 0 Å². The second-order valence-electron chi connectivity index (χ2n) is 10.2. The lowest BCUT2D eigenvalue weighted by atomic mass is 9.98. The van der Waals surface area contributed by atoms with Gasteiger partial charge in [-0.25, -0.2) is 9.97 Å². The fraction of sp³-hybridized carbons (Fsp3) is 0.414. The zero-order chi connectivity index (χ0) is 26.3. The van der Waals surface area contributed by atoms with Crippen LogP contribution in [0.2, 0.25) is 0 Å². The minimum Gasteiger partial charge on any atom is -0.493 e. The number of hydrogen-bond acceptors (Lipinski definition) is 8. The molecule has 198 valence electrons. The number of rotatable bonds is 7. The van der Waals surface area contributed by atoms with Gasteiger partial charge in [0.1, 0.15) is 17.5 Å². The Morgan fingerprint density at radius 2 is 1.97 bits per heavy atom. The van der Waals surface area contributed by atoms with E-state index in [4.69, 9.17) is 19.4 Å². The van der Waals surface area contributed by atoms with Gasteiger partial charge < -0.3 is 25.2 Å². The molecule has 9 nitrogen and oxygen atoms in total. The van der Waals surface area contributed by atoms with Crippen molar-refractivity contribution in [2.45, 2.75) is 57.7 Å². The normalized spacial score (nSPS) is 19.5. The topological polar surface area (TPSA) is 106 Å². The molecule has 1 aromatic carbocycles. The van der Waals surface area contributed by atoms with Gasteiger partial charge in [0.15, 0.2) is 17.1 Å². The summed E-state index contributed by atoms with van der Waals surface area (Å²) in [6, 6.07) is 11.9. The Hall–Kier alpha value is -3.69. The van der Waals surface area contributed by atoms with Gasteiger partial charge in [0.05, 0.1) is 12.8 Å². The summed E-state index contributed by atoms with van der Waals surface area (Å²) in [5, 5.41) is 18.7. The number of pyridine rings is 1. The van der Waals surface area contributed by atoms with Crippen LogP contribution in [0.3, 0.4) is 0 Å². The summed E-state index contributed by atoms with van der Waals surface area (Å²) in [5.74, 6) is 2.62. The Bertz CT molecular complexity index is 1480. The largest absolute Gasteiger partial charge is 0.493 e. The summed E-state index contributed by atoms with van der Waals surface area (Å²) in [6.45, 7) is 5.97. The SMILES string of the molecule is CC[C@@]1(O)CCc2ccc(-n3c(C)cc4cnc(Nc5ccc(OC6CCNCC6)c(OC)c5)nc43)nc21. The van der Waals surface area contributed by atoms with Crippen LogP contribution >= 0.6 is 0 Å². The van der Waals surface area contributed by atoms with Crippen LogP contribution in [0, 0.1) is 6.92 Å². The van der Waals surface area contributed by atoms with Gasteiger partial charge in [-0.1, -0.05) is 13.0 Å². The summed E-state index contributed by atoms with van der Waals surface area (Å²) < 4.78 is 13.9. The van der Waals surface area contributed by atoms with Gasteiger partial charge in [0.25, 0.3) is 0 Å². The third-order valence-electron chi connectivity index (χ3n) is 7.75. The number of ether oxygens (including phenoxy) is 2. The maximum atomic E-state index is 11.1. The molecule has 3 aromatic heterocycles. The van der Waals surface area contributed by atoms with E-state index in [-0.39, 0.29) is 6.10 Å². The van der Waals surface area contributed by atoms with Gasteiger partial charge >= 0.3 is 0 Å². The first kappa shape index (κ1) is 24.6. The number of aryl methyl sites for hydroxylation is 2. The van der Waals surface area contributed by atoms with Crippen molar-refractivity contribution in [3.05, 3.63) is 59.5 Å².